The molecule has 0 bridgehead atoms. The Kier molecular flexibility index (Phi) is 6.81. The zero-order valence-electron chi connectivity index (χ0n) is 13.2. The Hall–Kier alpha value is -0.280. The van der Waals surface area contributed by atoms with E-state index in [9.17, 15) is 4.79 Å². The van der Waals surface area contributed by atoms with E-state index in [0.29, 0.717) is 18.0 Å². The summed E-state index contributed by atoms with van der Waals surface area (Å²) in [7, 11) is 0. The summed E-state index contributed by atoms with van der Waals surface area (Å²) in [5.74, 6) is 1.24. The summed E-state index contributed by atoms with van der Waals surface area (Å²) in [5.41, 5.74) is 0. The van der Waals surface area contributed by atoms with Crippen molar-refractivity contribution in [2.75, 3.05) is 13.1 Å². The van der Waals surface area contributed by atoms with Crippen molar-refractivity contribution in [3.63, 3.8) is 0 Å². The third-order valence-electron chi connectivity index (χ3n) is 5.68. The SMILES string of the molecule is Cl.O=C(CCC1CCCN1)N1CCCC1C1CCCCC1. The molecule has 1 aliphatic carbocycles. The van der Waals surface area contributed by atoms with E-state index >= 15 is 0 Å². The Morgan fingerprint density at radius 3 is 2.52 bits per heavy atom. The second kappa shape index (κ2) is 8.38. The van der Waals surface area contributed by atoms with Gasteiger partial charge in [0.25, 0.3) is 0 Å². The summed E-state index contributed by atoms with van der Waals surface area (Å²) in [6, 6.07) is 1.19. The average molecular weight is 315 g/mol. The van der Waals surface area contributed by atoms with Crippen molar-refractivity contribution >= 4 is 18.3 Å². The van der Waals surface area contributed by atoms with Gasteiger partial charge in [0.2, 0.25) is 5.91 Å². The van der Waals surface area contributed by atoms with Gasteiger partial charge in [-0.25, -0.2) is 0 Å². The van der Waals surface area contributed by atoms with Crippen LogP contribution in [0.1, 0.15) is 70.6 Å². The van der Waals surface area contributed by atoms with Crippen LogP contribution in [0.2, 0.25) is 0 Å². The standard InChI is InChI=1S/C17H30N2O.ClH/c20-17(11-10-15-8-4-12-18-15)19-13-5-9-16(19)14-6-2-1-3-7-14;/h14-16,18H,1-13H2;1H. The van der Waals surface area contributed by atoms with Crippen LogP contribution in [0.5, 0.6) is 0 Å². The van der Waals surface area contributed by atoms with E-state index in [-0.39, 0.29) is 12.4 Å². The van der Waals surface area contributed by atoms with Gasteiger partial charge < -0.3 is 10.2 Å². The molecule has 3 fully saturated rings. The molecule has 1 saturated carbocycles. The Balaban J connectivity index is 0.00000161. The van der Waals surface area contributed by atoms with E-state index in [2.05, 4.69) is 10.2 Å². The topological polar surface area (TPSA) is 32.3 Å². The van der Waals surface area contributed by atoms with E-state index < -0.39 is 0 Å². The normalized spacial score (nSPS) is 30.4. The summed E-state index contributed by atoms with van der Waals surface area (Å²) in [6.45, 7) is 2.17. The molecular weight excluding hydrogens is 284 g/mol. The molecule has 2 aliphatic heterocycles. The molecule has 4 heteroatoms. The first-order valence-corrected chi connectivity index (χ1v) is 8.87. The zero-order valence-corrected chi connectivity index (χ0v) is 14.0. The first-order valence-electron chi connectivity index (χ1n) is 8.87. The number of amides is 1. The van der Waals surface area contributed by atoms with Gasteiger partial charge in [-0.2, -0.15) is 0 Å². The molecule has 3 nitrogen and oxygen atoms in total. The van der Waals surface area contributed by atoms with E-state index in [1.54, 1.807) is 0 Å². The molecule has 2 atom stereocenters. The summed E-state index contributed by atoms with van der Waals surface area (Å²) >= 11 is 0. The molecule has 0 spiro atoms. The Morgan fingerprint density at radius 1 is 1.00 bits per heavy atom. The molecule has 1 amide bonds. The number of carbonyl (C=O) groups is 1. The molecule has 3 rings (SSSR count). The third-order valence-corrected chi connectivity index (χ3v) is 5.68. The molecule has 122 valence electrons. The minimum absolute atomic E-state index is 0. The minimum atomic E-state index is 0. The molecule has 21 heavy (non-hydrogen) atoms. The number of carbonyl (C=O) groups excluding carboxylic acids is 1. The van der Waals surface area contributed by atoms with Gasteiger partial charge in [0.15, 0.2) is 0 Å². The van der Waals surface area contributed by atoms with Crippen LogP contribution in [0.25, 0.3) is 0 Å². The Morgan fingerprint density at radius 2 is 1.81 bits per heavy atom. The molecule has 0 radical (unpaired) electrons. The quantitative estimate of drug-likeness (QED) is 0.861. The number of hydrogen-bond acceptors (Lipinski definition) is 2. The number of halogens is 1. The number of likely N-dealkylation sites (tertiary alicyclic amines) is 1. The maximum Gasteiger partial charge on any atom is 0.222 e. The highest BCUT2D eigenvalue weighted by Gasteiger charge is 2.34. The molecule has 2 heterocycles. The van der Waals surface area contributed by atoms with Gasteiger partial charge in [0.1, 0.15) is 0 Å². The number of rotatable bonds is 4. The maximum atomic E-state index is 12.6. The predicted molar refractivity (Wildman–Crippen MR) is 88.8 cm³/mol. The Bertz CT molecular complexity index is 325. The highest BCUT2D eigenvalue weighted by molar-refractivity contribution is 5.85. The second-order valence-electron chi connectivity index (χ2n) is 7.03. The van der Waals surface area contributed by atoms with Crippen molar-refractivity contribution in [1.82, 2.24) is 10.2 Å². The summed E-state index contributed by atoms with van der Waals surface area (Å²) in [5, 5.41) is 3.51. The van der Waals surface area contributed by atoms with Crippen LogP contribution in [0.3, 0.4) is 0 Å². The average Bonchev–Trinajstić information content (AvgIpc) is 3.17. The summed E-state index contributed by atoms with van der Waals surface area (Å²) in [4.78, 5) is 14.8. The van der Waals surface area contributed by atoms with Crippen LogP contribution in [0.15, 0.2) is 0 Å². The van der Waals surface area contributed by atoms with Crippen LogP contribution in [-0.4, -0.2) is 36.0 Å². The third kappa shape index (κ3) is 4.35. The van der Waals surface area contributed by atoms with Crippen LogP contribution in [0.4, 0.5) is 0 Å². The smallest absolute Gasteiger partial charge is 0.222 e. The van der Waals surface area contributed by atoms with Gasteiger partial charge in [-0.05, 0) is 57.4 Å². The van der Waals surface area contributed by atoms with Gasteiger partial charge in [0.05, 0.1) is 0 Å². The first-order chi connectivity index (χ1) is 9.84. The predicted octanol–water partition coefficient (Wildman–Crippen LogP) is 3.51. The van der Waals surface area contributed by atoms with E-state index in [1.807, 2.05) is 0 Å². The van der Waals surface area contributed by atoms with E-state index in [1.165, 1.54) is 57.8 Å². The van der Waals surface area contributed by atoms with Crippen LogP contribution in [0, 0.1) is 5.92 Å². The molecule has 0 aromatic heterocycles. The lowest BCUT2D eigenvalue weighted by atomic mass is 9.83. The fourth-order valence-electron chi connectivity index (χ4n) is 4.56. The molecule has 0 aromatic carbocycles. The van der Waals surface area contributed by atoms with Crippen LogP contribution < -0.4 is 5.32 Å². The lowest BCUT2D eigenvalue weighted by Crippen LogP contribution is -2.41. The van der Waals surface area contributed by atoms with Crippen molar-refractivity contribution in [3.05, 3.63) is 0 Å². The molecule has 2 unspecified atom stereocenters. The van der Waals surface area contributed by atoms with Crippen molar-refractivity contribution in [2.24, 2.45) is 5.92 Å². The molecular formula is C17H31ClN2O. The van der Waals surface area contributed by atoms with Crippen LogP contribution in [-0.2, 0) is 4.79 Å². The molecule has 0 aromatic rings. The van der Waals surface area contributed by atoms with Crippen LogP contribution >= 0.6 is 12.4 Å². The molecule has 3 aliphatic rings. The van der Waals surface area contributed by atoms with Gasteiger partial charge in [-0.1, -0.05) is 19.3 Å². The lowest BCUT2D eigenvalue weighted by molar-refractivity contribution is -0.133. The van der Waals surface area contributed by atoms with Crippen molar-refractivity contribution in [1.29, 1.82) is 0 Å². The van der Waals surface area contributed by atoms with Crippen molar-refractivity contribution < 1.29 is 4.79 Å². The molecule has 2 saturated heterocycles. The highest BCUT2D eigenvalue weighted by Crippen LogP contribution is 2.34. The van der Waals surface area contributed by atoms with Gasteiger partial charge >= 0.3 is 0 Å². The highest BCUT2D eigenvalue weighted by atomic mass is 35.5. The van der Waals surface area contributed by atoms with E-state index in [0.717, 1.165) is 31.8 Å². The fourth-order valence-corrected chi connectivity index (χ4v) is 4.56. The summed E-state index contributed by atoms with van der Waals surface area (Å²) < 4.78 is 0. The van der Waals surface area contributed by atoms with Gasteiger partial charge in [0, 0.05) is 25.0 Å². The Labute approximate surface area is 135 Å². The largest absolute Gasteiger partial charge is 0.339 e. The minimum Gasteiger partial charge on any atom is -0.339 e. The second-order valence-corrected chi connectivity index (χ2v) is 7.03. The number of hydrogen-bond donors (Lipinski definition) is 1. The monoisotopic (exact) mass is 314 g/mol. The lowest BCUT2D eigenvalue weighted by Gasteiger charge is -2.34. The maximum absolute atomic E-state index is 12.6. The van der Waals surface area contributed by atoms with Gasteiger partial charge in [-0.3, -0.25) is 4.79 Å². The first kappa shape index (κ1) is 17.1. The fraction of sp³-hybridized carbons (Fsp3) is 0.941. The van der Waals surface area contributed by atoms with Crippen molar-refractivity contribution in [3.8, 4) is 0 Å². The van der Waals surface area contributed by atoms with E-state index in [4.69, 9.17) is 0 Å². The summed E-state index contributed by atoms with van der Waals surface area (Å²) in [6.07, 6.45) is 13.7. The number of nitrogens with zero attached hydrogens (tertiary/aromatic N) is 1. The van der Waals surface area contributed by atoms with Gasteiger partial charge in [-0.15, -0.1) is 12.4 Å². The van der Waals surface area contributed by atoms with Crippen molar-refractivity contribution in [2.45, 2.75) is 82.7 Å². The number of nitrogens with one attached hydrogen (secondary N) is 1. The molecule has 1 N–H and O–H groups in total. The zero-order chi connectivity index (χ0) is 13.8.